The molecule has 0 saturated heterocycles. The van der Waals surface area contributed by atoms with Crippen LogP contribution in [0.5, 0.6) is 0 Å². The topological polar surface area (TPSA) is 79.8 Å². The molecule has 0 aliphatic heterocycles. The van der Waals surface area contributed by atoms with Crippen LogP contribution in [0.25, 0.3) is 0 Å². The van der Waals surface area contributed by atoms with Gasteiger partial charge in [-0.2, -0.15) is 5.26 Å². The SMILES string of the molecule is N#Cc1nc([N+](=O)[O-])c(CBr)cc1C(F)F. The zero-order chi connectivity index (χ0) is 12.3. The van der Waals surface area contributed by atoms with Crippen molar-refractivity contribution < 1.29 is 13.7 Å². The Labute approximate surface area is 97.0 Å². The summed E-state index contributed by atoms with van der Waals surface area (Å²) < 4.78 is 25.0. The molecule has 84 valence electrons. The highest BCUT2D eigenvalue weighted by molar-refractivity contribution is 9.08. The van der Waals surface area contributed by atoms with Crippen molar-refractivity contribution in [3.8, 4) is 6.07 Å². The molecule has 1 rings (SSSR count). The molecule has 0 bridgehead atoms. The molecule has 0 atom stereocenters. The zero-order valence-corrected chi connectivity index (χ0v) is 9.24. The van der Waals surface area contributed by atoms with Crippen LogP contribution in [0.2, 0.25) is 0 Å². The largest absolute Gasteiger partial charge is 0.368 e. The van der Waals surface area contributed by atoms with Gasteiger partial charge in [-0.3, -0.25) is 0 Å². The summed E-state index contributed by atoms with van der Waals surface area (Å²) >= 11 is 2.93. The molecule has 8 heteroatoms. The van der Waals surface area contributed by atoms with Crippen LogP contribution < -0.4 is 0 Å². The molecule has 1 aromatic heterocycles. The minimum Gasteiger partial charge on any atom is -0.358 e. The Morgan fingerprint density at radius 1 is 1.69 bits per heavy atom. The van der Waals surface area contributed by atoms with Crippen molar-refractivity contribution in [2.24, 2.45) is 0 Å². The van der Waals surface area contributed by atoms with E-state index >= 15 is 0 Å². The maximum absolute atomic E-state index is 12.5. The number of nitrogens with zero attached hydrogens (tertiary/aromatic N) is 3. The number of pyridine rings is 1. The Balaban J connectivity index is 3.48. The molecule has 16 heavy (non-hydrogen) atoms. The Morgan fingerprint density at radius 3 is 2.69 bits per heavy atom. The van der Waals surface area contributed by atoms with E-state index < -0.39 is 28.4 Å². The van der Waals surface area contributed by atoms with Crippen LogP contribution >= 0.6 is 15.9 Å². The second-order valence-electron chi connectivity index (χ2n) is 2.71. The van der Waals surface area contributed by atoms with Gasteiger partial charge in [-0.05, 0) is 16.0 Å². The molecule has 5 nitrogen and oxygen atoms in total. The highest BCUT2D eigenvalue weighted by atomic mass is 79.9. The molecule has 0 aliphatic rings. The lowest BCUT2D eigenvalue weighted by Crippen LogP contribution is -2.03. The fraction of sp³-hybridized carbons (Fsp3) is 0.250. The number of alkyl halides is 3. The highest BCUT2D eigenvalue weighted by Gasteiger charge is 2.25. The lowest BCUT2D eigenvalue weighted by Gasteiger charge is -2.03. The first kappa shape index (κ1) is 12.4. The predicted molar refractivity (Wildman–Crippen MR) is 53.2 cm³/mol. The van der Waals surface area contributed by atoms with Crippen LogP contribution in [-0.4, -0.2) is 9.91 Å². The van der Waals surface area contributed by atoms with Gasteiger partial charge in [-0.25, -0.2) is 8.78 Å². The molecule has 0 fully saturated rings. The number of nitro groups is 1. The number of rotatable bonds is 3. The quantitative estimate of drug-likeness (QED) is 0.487. The van der Waals surface area contributed by atoms with Gasteiger partial charge in [-0.15, -0.1) is 0 Å². The minimum absolute atomic E-state index is 0.0132. The van der Waals surface area contributed by atoms with Crippen molar-refractivity contribution in [1.29, 1.82) is 5.26 Å². The van der Waals surface area contributed by atoms with Gasteiger partial charge in [0, 0.05) is 5.33 Å². The van der Waals surface area contributed by atoms with E-state index in [1.165, 1.54) is 6.07 Å². The average Bonchev–Trinajstić information content (AvgIpc) is 2.26. The highest BCUT2D eigenvalue weighted by Crippen LogP contribution is 2.28. The van der Waals surface area contributed by atoms with Gasteiger partial charge in [0.25, 0.3) is 12.1 Å². The second kappa shape index (κ2) is 4.94. The van der Waals surface area contributed by atoms with Crippen LogP contribution in [0, 0.1) is 21.4 Å². The second-order valence-corrected chi connectivity index (χ2v) is 3.27. The molecule has 1 heterocycles. The number of hydrogen-bond acceptors (Lipinski definition) is 4. The number of halogens is 3. The standard InChI is InChI=1S/C8H4BrF2N3O2/c9-2-4-1-5(7(10)11)6(3-12)13-8(4)14(15)16/h1,7H,2H2. The summed E-state index contributed by atoms with van der Waals surface area (Å²) in [7, 11) is 0. The fourth-order valence-corrected chi connectivity index (χ4v) is 1.49. The van der Waals surface area contributed by atoms with E-state index in [0.29, 0.717) is 0 Å². The van der Waals surface area contributed by atoms with E-state index in [4.69, 9.17) is 5.26 Å². The summed E-state index contributed by atoms with van der Waals surface area (Å²) in [6.07, 6.45) is -2.89. The van der Waals surface area contributed by atoms with Crippen molar-refractivity contribution in [3.63, 3.8) is 0 Å². The van der Waals surface area contributed by atoms with E-state index in [1.54, 1.807) is 0 Å². The molecule has 0 radical (unpaired) electrons. The zero-order valence-electron chi connectivity index (χ0n) is 7.65. The summed E-state index contributed by atoms with van der Waals surface area (Å²) in [6.45, 7) is 0. The van der Waals surface area contributed by atoms with Crippen LogP contribution in [0.1, 0.15) is 23.2 Å². The predicted octanol–water partition coefficient (Wildman–Crippen LogP) is 2.69. The van der Waals surface area contributed by atoms with Crippen molar-refractivity contribution in [2.75, 3.05) is 0 Å². The third-order valence-corrected chi connectivity index (χ3v) is 2.37. The summed E-state index contributed by atoms with van der Waals surface area (Å²) in [4.78, 5) is 13.1. The third kappa shape index (κ3) is 2.30. The lowest BCUT2D eigenvalue weighted by atomic mass is 10.1. The molecule has 0 unspecified atom stereocenters. The van der Waals surface area contributed by atoms with Gasteiger partial charge in [0.05, 0.1) is 11.1 Å². The van der Waals surface area contributed by atoms with E-state index in [9.17, 15) is 18.9 Å². The smallest absolute Gasteiger partial charge is 0.358 e. The molecule has 0 saturated carbocycles. The molecule has 0 amide bonds. The molecular formula is C8H4BrF2N3O2. The molecule has 0 aliphatic carbocycles. The first-order valence-electron chi connectivity index (χ1n) is 3.93. The average molecular weight is 292 g/mol. The van der Waals surface area contributed by atoms with Crippen molar-refractivity contribution in [2.45, 2.75) is 11.8 Å². The summed E-state index contributed by atoms with van der Waals surface area (Å²) in [5.74, 6) is -0.585. The Morgan fingerprint density at radius 2 is 2.31 bits per heavy atom. The number of aromatic nitrogens is 1. The van der Waals surface area contributed by atoms with Crippen molar-refractivity contribution in [3.05, 3.63) is 33.0 Å². The van der Waals surface area contributed by atoms with Gasteiger partial charge >= 0.3 is 5.82 Å². The van der Waals surface area contributed by atoms with Crippen molar-refractivity contribution in [1.82, 2.24) is 4.98 Å². The maximum atomic E-state index is 12.5. The van der Waals surface area contributed by atoms with Gasteiger partial charge in [0.1, 0.15) is 6.07 Å². The normalized spacial score (nSPS) is 10.2. The van der Waals surface area contributed by atoms with Gasteiger partial charge in [-0.1, -0.05) is 15.9 Å². The third-order valence-electron chi connectivity index (χ3n) is 1.77. The molecule has 0 spiro atoms. The first-order valence-corrected chi connectivity index (χ1v) is 5.05. The van der Waals surface area contributed by atoms with E-state index in [1.807, 2.05) is 0 Å². The minimum atomic E-state index is -2.89. The van der Waals surface area contributed by atoms with Crippen LogP contribution in [0.3, 0.4) is 0 Å². The summed E-state index contributed by atoms with van der Waals surface area (Å²) in [6, 6.07) is 2.33. The van der Waals surface area contributed by atoms with Crippen LogP contribution in [0.4, 0.5) is 14.6 Å². The van der Waals surface area contributed by atoms with Gasteiger partial charge in [0.15, 0.2) is 0 Å². The molecule has 0 N–H and O–H groups in total. The monoisotopic (exact) mass is 291 g/mol. The molecular weight excluding hydrogens is 288 g/mol. The number of nitriles is 1. The Hall–Kier alpha value is -1.62. The van der Waals surface area contributed by atoms with Gasteiger partial charge in [0.2, 0.25) is 0 Å². The van der Waals surface area contributed by atoms with E-state index in [0.717, 1.165) is 6.07 Å². The van der Waals surface area contributed by atoms with Crippen LogP contribution in [-0.2, 0) is 5.33 Å². The molecule has 1 aromatic rings. The van der Waals surface area contributed by atoms with Crippen molar-refractivity contribution >= 4 is 21.7 Å². The summed E-state index contributed by atoms with van der Waals surface area (Å²) in [5.41, 5.74) is -1.20. The maximum Gasteiger partial charge on any atom is 0.368 e. The summed E-state index contributed by atoms with van der Waals surface area (Å²) in [5, 5.41) is 19.1. The lowest BCUT2D eigenvalue weighted by molar-refractivity contribution is -0.390. The van der Waals surface area contributed by atoms with Crippen LogP contribution in [0.15, 0.2) is 6.07 Å². The molecule has 0 aromatic carbocycles. The number of hydrogen-bond donors (Lipinski definition) is 0. The Kier molecular flexibility index (Phi) is 3.84. The Bertz CT molecular complexity index is 473. The van der Waals surface area contributed by atoms with E-state index in [2.05, 4.69) is 20.9 Å². The fourth-order valence-electron chi connectivity index (χ4n) is 1.08. The van der Waals surface area contributed by atoms with E-state index in [-0.39, 0.29) is 10.9 Å². The van der Waals surface area contributed by atoms with Gasteiger partial charge < -0.3 is 10.1 Å². The first-order chi connectivity index (χ1) is 7.51.